The van der Waals surface area contributed by atoms with E-state index >= 15 is 4.39 Å². The molecular formula is C21H25FN2O2. The number of nitrogens with zero attached hydrogens (tertiary/aromatic N) is 2. The Morgan fingerprint density at radius 2 is 2.12 bits per heavy atom. The number of hydrogen-bond donors (Lipinski definition) is 0. The van der Waals surface area contributed by atoms with Gasteiger partial charge in [0.15, 0.2) is 5.72 Å². The molecule has 0 aromatic heterocycles. The number of anilines is 1. The highest BCUT2D eigenvalue weighted by atomic mass is 19.1. The number of rotatable bonds is 1. The molecule has 4 unspecified atom stereocenters. The molecule has 138 valence electrons. The molecule has 1 saturated heterocycles. The number of amides is 1. The molecule has 2 aliphatic heterocycles. The zero-order chi connectivity index (χ0) is 18.5. The van der Waals surface area contributed by atoms with E-state index in [1.54, 1.807) is 11.9 Å². The minimum atomic E-state index is -0.947. The van der Waals surface area contributed by atoms with E-state index < -0.39 is 11.9 Å². The van der Waals surface area contributed by atoms with E-state index in [0.717, 1.165) is 36.1 Å². The van der Waals surface area contributed by atoms with Crippen molar-refractivity contribution >= 4 is 11.6 Å². The van der Waals surface area contributed by atoms with Crippen LogP contribution in [0.15, 0.2) is 18.2 Å². The molecule has 4 nitrogen and oxygen atoms in total. The van der Waals surface area contributed by atoms with E-state index in [4.69, 9.17) is 11.2 Å². The predicted octanol–water partition coefficient (Wildman–Crippen LogP) is 3.05. The summed E-state index contributed by atoms with van der Waals surface area (Å²) in [5, 5.41) is 0. The normalized spacial score (nSPS) is 34.8. The number of hydrogen-bond acceptors (Lipinski definition) is 3. The van der Waals surface area contributed by atoms with Gasteiger partial charge < -0.3 is 9.64 Å². The molecule has 1 amide bonds. The van der Waals surface area contributed by atoms with E-state index in [9.17, 15) is 4.79 Å². The Labute approximate surface area is 154 Å². The number of ether oxygens (including phenoxy) is 1. The predicted molar refractivity (Wildman–Crippen MR) is 98.4 cm³/mol. The molecule has 1 aliphatic carbocycles. The van der Waals surface area contributed by atoms with Crippen LogP contribution in [0.4, 0.5) is 10.1 Å². The summed E-state index contributed by atoms with van der Waals surface area (Å²) in [5.74, 6) is 2.37. The first-order valence-corrected chi connectivity index (χ1v) is 9.44. The van der Waals surface area contributed by atoms with Crippen LogP contribution in [0, 0.1) is 18.3 Å². The third kappa shape index (κ3) is 2.32. The first-order chi connectivity index (χ1) is 12.5. The van der Waals surface area contributed by atoms with Crippen LogP contribution in [-0.4, -0.2) is 43.2 Å². The van der Waals surface area contributed by atoms with Crippen molar-refractivity contribution in [3.63, 3.8) is 0 Å². The maximum Gasteiger partial charge on any atom is 0.243 e. The lowest BCUT2D eigenvalue weighted by molar-refractivity contribution is -0.172. The molecule has 2 fully saturated rings. The summed E-state index contributed by atoms with van der Waals surface area (Å²) in [7, 11) is 1.77. The highest BCUT2D eigenvalue weighted by Crippen LogP contribution is 2.52. The highest BCUT2D eigenvalue weighted by Gasteiger charge is 2.58. The fourth-order valence-electron chi connectivity index (χ4n) is 5.05. The van der Waals surface area contributed by atoms with E-state index in [1.165, 1.54) is 0 Å². The van der Waals surface area contributed by atoms with Crippen LogP contribution in [0.1, 0.15) is 43.7 Å². The molecular weight excluding hydrogens is 331 g/mol. The van der Waals surface area contributed by atoms with Crippen molar-refractivity contribution in [2.24, 2.45) is 5.92 Å². The lowest BCUT2D eigenvalue weighted by Gasteiger charge is -2.46. The second-order valence-corrected chi connectivity index (χ2v) is 7.59. The van der Waals surface area contributed by atoms with E-state index in [2.05, 4.69) is 10.8 Å². The van der Waals surface area contributed by atoms with Crippen LogP contribution >= 0.6 is 0 Å². The van der Waals surface area contributed by atoms with Crippen molar-refractivity contribution in [3.05, 3.63) is 29.3 Å². The zero-order valence-corrected chi connectivity index (χ0v) is 15.4. The first kappa shape index (κ1) is 17.5. The van der Waals surface area contributed by atoms with Gasteiger partial charge in [-0.05, 0) is 38.0 Å². The van der Waals surface area contributed by atoms with Crippen molar-refractivity contribution in [2.75, 3.05) is 25.1 Å². The molecule has 0 bridgehead atoms. The number of carbonyl (C=O) groups excluding carboxylic acids is 1. The SMILES string of the molecule is C#Cc1ccc2c(c1)C1(C3CCCCC3F)OCCN1C(C)C(=O)N2C. The van der Waals surface area contributed by atoms with Crippen LogP contribution < -0.4 is 4.90 Å². The Morgan fingerprint density at radius 3 is 2.85 bits per heavy atom. The van der Waals surface area contributed by atoms with Crippen LogP contribution in [0.3, 0.4) is 0 Å². The maximum atomic E-state index is 15.2. The number of halogens is 1. The molecule has 3 aliphatic rings. The molecule has 0 N–H and O–H groups in total. The van der Waals surface area contributed by atoms with Gasteiger partial charge in [-0.2, -0.15) is 0 Å². The van der Waals surface area contributed by atoms with E-state index in [0.29, 0.717) is 19.6 Å². The Bertz CT molecular complexity index is 774. The van der Waals surface area contributed by atoms with Crippen LogP contribution in [0.5, 0.6) is 0 Å². The number of fused-ring (bicyclic) bond motifs is 3. The number of carbonyl (C=O) groups is 1. The largest absolute Gasteiger partial charge is 0.354 e. The summed E-state index contributed by atoms with van der Waals surface area (Å²) in [5.41, 5.74) is 1.39. The molecule has 4 atom stereocenters. The van der Waals surface area contributed by atoms with Gasteiger partial charge in [0.2, 0.25) is 5.91 Å². The second kappa shape index (κ2) is 6.37. The number of alkyl halides is 1. The Balaban J connectivity index is 1.98. The lowest BCUT2D eigenvalue weighted by atomic mass is 9.75. The van der Waals surface area contributed by atoms with Gasteiger partial charge in [0, 0.05) is 30.6 Å². The zero-order valence-electron chi connectivity index (χ0n) is 15.4. The molecule has 0 radical (unpaired) electrons. The smallest absolute Gasteiger partial charge is 0.243 e. The molecule has 1 saturated carbocycles. The van der Waals surface area contributed by atoms with E-state index in [-0.39, 0.29) is 17.9 Å². The van der Waals surface area contributed by atoms with Gasteiger partial charge in [-0.1, -0.05) is 18.8 Å². The van der Waals surface area contributed by atoms with Crippen molar-refractivity contribution in [1.29, 1.82) is 0 Å². The fraction of sp³-hybridized carbons (Fsp3) is 0.571. The Morgan fingerprint density at radius 1 is 1.35 bits per heavy atom. The fourth-order valence-corrected chi connectivity index (χ4v) is 5.05. The maximum absolute atomic E-state index is 15.2. The van der Waals surface area contributed by atoms with Crippen molar-refractivity contribution in [1.82, 2.24) is 4.90 Å². The number of benzene rings is 1. The van der Waals surface area contributed by atoms with Gasteiger partial charge in [0.05, 0.1) is 18.3 Å². The van der Waals surface area contributed by atoms with Gasteiger partial charge >= 0.3 is 0 Å². The van der Waals surface area contributed by atoms with Crippen molar-refractivity contribution < 1.29 is 13.9 Å². The minimum absolute atomic E-state index is 0.00157. The van der Waals surface area contributed by atoms with Gasteiger partial charge in [-0.3, -0.25) is 9.69 Å². The topological polar surface area (TPSA) is 32.8 Å². The Hall–Kier alpha value is -1.90. The van der Waals surface area contributed by atoms with Gasteiger partial charge in [0.1, 0.15) is 6.17 Å². The van der Waals surface area contributed by atoms with E-state index in [1.807, 2.05) is 25.1 Å². The van der Waals surface area contributed by atoms with Crippen LogP contribution in [0.25, 0.3) is 0 Å². The average Bonchev–Trinajstić information content (AvgIpc) is 3.09. The molecule has 1 aromatic rings. The summed E-state index contributed by atoms with van der Waals surface area (Å²) >= 11 is 0. The van der Waals surface area contributed by atoms with Gasteiger partial charge in [-0.25, -0.2) is 4.39 Å². The molecule has 1 aromatic carbocycles. The molecule has 0 spiro atoms. The third-order valence-corrected chi connectivity index (χ3v) is 6.33. The Kier molecular flexibility index (Phi) is 4.29. The lowest BCUT2D eigenvalue weighted by Crippen LogP contribution is -2.56. The minimum Gasteiger partial charge on any atom is -0.354 e. The molecule has 4 rings (SSSR count). The summed E-state index contributed by atoms with van der Waals surface area (Å²) in [6, 6.07) is 5.24. The summed E-state index contributed by atoms with van der Waals surface area (Å²) < 4.78 is 21.5. The summed E-state index contributed by atoms with van der Waals surface area (Å²) in [6.07, 6.45) is 7.87. The number of terminal acetylenes is 1. The van der Waals surface area contributed by atoms with Crippen molar-refractivity contribution in [3.8, 4) is 12.3 Å². The monoisotopic (exact) mass is 356 g/mol. The van der Waals surface area contributed by atoms with Gasteiger partial charge in [0.25, 0.3) is 0 Å². The summed E-state index contributed by atoms with van der Waals surface area (Å²) in [4.78, 5) is 16.7. The third-order valence-electron chi connectivity index (χ3n) is 6.33. The quantitative estimate of drug-likeness (QED) is 0.725. The second-order valence-electron chi connectivity index (χ2n) is 7.59. The van der Waals surface area contributed by atoms with Gasteiger partial charge in [-0.15, -0.1) is 6.42 Å². The standard InChI is InChI=1S/C21H25FN2O2/c1-4-15-9-10-19-17(13-15)21(16-7-5-6-8-18(16)22)24(11-12-26-21)14(2)20(25)23(19)3/h1,9-10,13-14,16,18H,5-8,11-12H2,2-3H3. The molecule has 5 heteroatoms. The highest BCUT2D eigenvalue weighted by molar-refractivity contribution is 5.98. The molecule has 26 heavy (non-hydrogen) atoms. The number of likely N-dealkylation sites (N-methyl/N-ethyl adjacent to an activating group) is 1. The first-order valence-electron chi connectivity index (χ1n) is 9.44. The summed E-state index contributed by atoms with van der Waals surface area (Å²) in [6.45, 7) is 3.00. The van der Waals surface area contributed by atoms with Crippen LogP contribution in [-0.2, 0) is 15.3 Å². The van der Waals surface area contributed by atoms with Crippen LogP contribution in [0.2, 0.25) is 0 Å². The molecule has 2 heterocycles. The van der Waals surface area contributed by atoms with Crippen molar-refractivity contribution in [2.45, 2.75) is 50.5 Å². The average molecular weight is 356 g/mol.